The molecule has 0 radical (unpaired) electrons. The van der Waals surface area contributed by atoms with Crippen LogP contribution < -0.4 is 0 Å². The molecule has 1 atom stereocenters. The lowest BCUT2D eigenvalue weighted by Crippen LogP contribution is -2.02. The minimum Gasteiger partial charge on any atom is -0.447 e. The van der Waals surface area contributed by atoms with Crippen molar-refractivity contribution in [2.45, 2.75) is 13.0 Å². The lowest BCUT2D eigenvalue weighted by Gasteiger charge is -1.93. The average Bonchev–Trinajstić information content (AvgIpc) is 2.14. The molecule has 46 valence electrons. The lowest BCUT2D eigenvalue weighted by atomic mass is 10.5. The van der Waals surface area contributed by atoms with Gasteiger partial charge in [-0.05, 0) is 6.92 Å². The molecule has 8 heavy (non-hydrogen) atoms. The van der Waals surface area contributed by atoms with Crippen LogP contribution in [0.4, 0.5) is 0 Å². The normalized spacial score (nSPS) is 32.2. The summed E-state index contributed by atoms with van der Waals surface area (Å²) in [6.45, 7) is 2.57. The number of rotatable bonds is 0. The third-order valence-electron chi connectivity index (χ3n) is 0.926. The Labute approximate surface area is 48.3 Å². The van der Waals surface area contributed by atoms with Gasteiger partial charge in [-0.3, -0.25) is 0 Å². The van der Waals surface area contributed by atoms with E-state index < -0.39 is 0 Å². The Balaban J connectivity index is 2.44. The minimum absolute atomic E-state index is 0.175. The summed E-state index contributed by atoms with van der Waals surface area (Å²) in [5, 5.41) is 0. The zero-order valence-electron chi connectivity index (χ0n) is 5.05. The maximum absolute atomic E-state index is 5.04. The molecule has 0 aliphatic carbocycles. The van der Waals surface area contributed by atoms with Gasteiger partial charge in [-0.15, -0.1) is 0 Å². The van der Waals surface area contributed by atoms with Gasteiger partial charge >= 0.3 is 6.08 Å². The van der Waals surface area contributed by atoms with Crippen molar-refractivity contribution in [1.82, 2.24) is 0 Å². The van der Waals surface area contributed by atoms with E-state index in [0.717, 1.165) is 0 Å². The van der Waals surface area contributed by atoms with Gasteiger partial charge in [-0.25, -0.2) is 4.99 Å². The van der Waals surface area contributed by atoms with Crippen LogP contribution in [0.25, 0.3) is 0 Å². The van der Waals surface area contributed by atoms with Gasteiger partial charge in [0.1, 0.15) is 12.7 Å². The molecule has 0 spiro atoms. The molecule has 0 bridgehead atoms. The third-order valence-corrected chi connectivity index (χ3v) is 0.926. The van der Waals surface area contributed by atoms with Crippen LogP contribution in [0.2, 0.25) is 0 Å². The summed E-state index contributed by atoms with van der Waals surface area (Å²) in [6, 6.07) is 0. The third kappa shape index (κ3) is 0.911. The SMILES string of the molecule is CN=C1OCC(C)O1. The Morgan fingerprint density at radius 2 is 2.50 bits per heavy atom. The van der Waals surface area contributed by atoms with E-state index in [1.807, 2.05) is 6.92 Å². The summed E-state index contributed by atoms with van der Waals surface area (Å²) in [4.78, 5) is 3.71. The van der Waals surface area contributed by atoms with Crippen molar-refractivity contribution in [2.24, 2.45) is 4.99 Å². The molecule has 0 saturated carbocycles. The van der Waals surface area contributed by atoms with E-state index in [2.05, 4.69) is 4.99 Å². The van der Waals surface area contributed by atoms with Crippen molar-refractivity contribution in [2.75, 3.05) is 13.7 Å². The van der Waals surface area contributed by atoms with E-state index >= 15 is 0 Å². The van der Waals surface area contributed by atoms with Gasteiger partial charge in [0.15, 0.2) is 0 Å². The Hall–Kier alpha value is -0.730. The summed E-state index contributed by atoms with van der Waals surface area (Å²) in [7, 11) is 1.65. The van der Waals surface area contributed by atoms with Crippen LogP contribution in [0.15, 0.2) is 4.99 Å². The van der Waals surface area contributed by atoms with Crippen LogP contribution in [0, 0.1) is 0 Å². The molecule has 3 heteroatoms. The molecule has 1 rings (SSSR count). The first-order valence-electron chi connectivity index (χ1n) is 2.59. The Morgan fingerprint density at radius 3 is 2.75 bits per heavy atom. The molecule has 1 saturated heterocycles. The molecule has 0 aromatic heterocycles. The fraction of sp³-hybridized carbons (Fsp3) is 0.800. The Bertz CT molecular complexity index is 111. The number of aliphatic imine (C=N–C) groups is 1. The standard InChI is InChI=1S/C5H9NO2/c1-4-3-7-5(6-2)8-4/h4H,3H2,1-2H3. The zero-order valence-corrected chi connectivity index (χ0v) is 5.05. The molecule has 1 aliphatic heterocycles. The monoisotopic (exact) mass is 115 g/mol. The van der Waals surface area contributed by atoms with Gasteiger partial charge < -0.3 is 9.47 Å². The van der Waals surface area contributed by atoms with E-state index in [1.54, 1.807) is 7.05 Å². The van der Waals surface area contributed by atoms with Crippen LogP contribution in [0.3, 0.4) is 0 Å². The fourth-order valence-corrected chi connectivity index (χ4v) is 0.546. The van der Waals surface area contributed by atoms with Crippen molar-refractivity contribution in [1.29, 1.82) is 0 Å². The highest BCUT2D eigenvalue weighted by Crippen LogP contribution is 2.03. The molecule has 1 fully saturated rings. The van der Waals surface area contributed by atoms with Gasteiger partial charge in [-0.2, -0.15) is 0 Å². The second-order valence-corrected chi connectivity index (χ2v) is 1.73. The van der Waals surface area contributed by atoms with E-state index in [4.69, 9.17) is 9.47 Å². The molecule has 0 aromatic carbocycles. The fourth-order valence-electron chi connectivity index (χ4n) is 0.546. The first kappa shape index (κ1) is 5.41. The highest BCUT2D eigenvalue weighted by Gasteiger charge is 2.16. The van der Waals surface area contributed by atoms with Crippen molar-refractivity contribution in [3.63, 3.8) is 0 Å². The minimum atomic E-state index is 0.175. The van der Waals surface area contributed by atoms with Gasteiger partial charge in [0, 0.05) is 7.05 Å². The Kier molecular flexibility index (Phi) is 1.37. The number of hydrogen-bond donors (Lipinski definition) is 0. The van der Waals surface area contributed by atoms with E-state index in [9.17, 15) is 0 Å². The van der Waals surface area contributed by atoms with Crippen molar-refractivity contribution >= 4 is 6.08 Å². The maximum atomic E-state index is 5.04. The van der Waals surface area contributed by atoms with E-state index in [-0.39, 0.29) is 6.10 Å². The maximum Gasteiger partial charge on any atom is 0.383 e. The molecule has 0 aromatic rings. The average molecular weight is 115 g/mol. The number of nitrogens with zero attached hydrogens (tertiary/aromatic N) is 1. The first-order valence-corrected chi connectivity index (χ1v) is 2.59. The smallest absolute Gasteiger partial charge is 0.383 e. The van der Waals surface area contributed by atoms with Crippen LogP contribution in [0.1, 0.15) is 6.92 Å². The van der Waals surface area contributed by atoms with Crippen LogP contribution in [0.5, 0.6) is 0 Å². The van der Waals surface area contributed by atoms with Crippen molar-refractivity contribution in [3.05, 3.63) is 0 Å². The molecule has 0 amide bonds. The highest BCUT2D eigenvalue weighted by atomic mass is 16.7. The van der Waals surface area contributed by atoms with Crippen LogP contribution in [-0.4, -0.2) is 25.8 Å². The predicted molar refractivity (Wildman–Crippen MR) is 29.9 cm³/mol. The lowest BCUT2D eigenvalue weighted by molar-refractivity contribution is 0.249. The molecular weight excluding hydrogens is 106 g/mol. The quantitative estimate of drug-likeness (QED) is 0.457. The first-order chi connectivity index (χ1) is 3.83. The van der Waals surface area contributed by atoms with Gasteiger partial charge in [0.25, 0.3) is 0 Å². The van der Waals surface area contributed by atoms with Gasteiger partial charge in [0.05, 0.1) is 0 Å². The van der Waals surface area contributed by atoms with E-state index in [1.165, 1.54) is 0 Å². The second kappa shape index (κ2) is 2.03. The Morgan fingerprint density at radius 1 is 1.75 bits per heavy atom. The predicted octanol–water partition coefficient (Wildman–Crippen LogP) is 0.408. The summed E-state index contributed by atoms with van der Waals surface area (Å²) in [5.41, 5.74) is 0. The summed E-state index contributed by atoms with van der Waals surface area (Å²) in [6.07, 6.45) is 0.589. The van der Waals surface area contributed by atoms with Gasteiger partial charge in [0.2, 0.25) is 0 Å². The molecular formula is C5H9NO2. The number of ether oxygens (including phenoxy) is 2. The molecule has 1 aliphatic rings. The molecule has 3 nitrogen and oxygen atoms in total. The molecule has 0 N–H and O–H groups in total. The van der Waals surface area contributed by atoms with Crippen molar-refractivity contribution in [3.8, 4) is 0 Å². The number of hydrogen-bond acceptors (Lipinski definition) is 3. The molecule has 1 heterocycles. The topological polar surface area (TPSA) is 30.8 Å². The highest BCUT2D eigenvalue weighted by molar-refractivity contribution is 5.68. The summed E-state index contributed by atoms with van der Waals surface area (Å²) in [5.74, 6) is 0. The van der Waals surface area contributed by atoms with Gasteiger partial charge in [-0.1, -0.05) is 0 Å². The van der Waals surface area contributed by atoms with Crippen LogP contribution >= 0.6 is 0 Å². The largest absolute Gasteiger partial charge is 0.447 e. The zero-order chi connectivity index (χ0) is 5.98. The second-order valence-electron chi connectivity index (χ2n) is 1.73. The van der Waals surface area contributed by atoms with E-state index in [0.29, 0.717) is 12.7 Å². The van der Waals surface area contributed by atoms with Crippen molar-refractivity contribution < 1.29 is 9.47 Å². The summed E-state index contributed by atoms with van der Waals surface area (Å²) < 4.78 is 9.98. The molecule has 1 unspecified atom stereocenters. The summed E-state index contributed by atoms with van der Waals surface area (Å²) >= 11 is 0. The van der Waals surface area contributed by atoms with Crippen LogP contribution in [-0.2, 0) is 9.47 Å².